The molecule has 0 heterocycles. The Morgan fingerprint density at radius 1 is 1.05 bits per heavy atom. The first-order valence-corrected chi connectivity index (χ1v) is 7.40. The van der Waals surface area contributed by atoms with Crippen LogP contribution in [0.4, 0.5) is 10.5 Å². The number of hydrogen-bond donors (Lipinski definition) is 2. The van der Waals surface area contributed by atoms with E-state index in [1.54, 1.807) is 24.3 Å². The normalized spacial score (nSPS) is 10.2. The standard InChI is InChI=1S/C15H23ClN2O/c1-2-3-4-5-6-7-12-17-15(19)18-14-10-8-13(16)9-11-14/h8-11H,2-7,12H2,1H3,(H2,17,18,19). The summed E-state index contributed by atoms with van der Waals surface area (Å²) in [5.41, 5.74) is 0.754. The molecule has 0 atom stereocenters. The zero-order valence-electron chi connectivity index (χ0n) is 11.5. The van der Waals surface area contributed by atoms with Crippen LogP contribution >= 0.6 is 11.6 Å². The molecule has 0 radical (unpaired) electrons. The molecule has 4 heteroatoms. The zero-order chi connectivity index (χ0) is 13.9. The maximum Gasteiger partial charge on any atom is 0.319 e. The quantitative estimate of drug-likeness (QED) is 0.659. The number of anilines is 1. The first-order chi connectivity index (χ1) is 9.22. The molecule has 3 nitrogen and oxygen atoms in total. The van der Waals surface area contributed by atoms with Crippen LogP contribution in [0.15, 0.2) is 24.3 Å². The summed E-state index contributed by atoms with van der Waals surface area (Å²) in [6.07, 6.45) is 7.35. The van der Waals surface area contributed by atoms with Crippen molar-refractivity contribution in [1.82, 2.24) is 5.32 Å². The lowest BCUT2D eigenvalue weighted by Crippen LogP contribution is -2.29. The number of hydrogen-bond acceptors (Lipinski definition) is 1. The van der Waals surface area contributed by atoms with Crippen LogP contribution in [0, 0.1) is 0 Å². The fourth-order valence-electron chi connectivity index (χ4n) is 1.82. The lowest BCUT2D eigenvalue weighted by molar-refractivity contribution is 0.252. The molecule has 1 rings (SSSR count). The molecule has 0 aliphatic heterocycles. The molecule has 1 aromatic carbocycles. The Kier molecular flexibility index (Phi) is 8.07. The van der Waals surface area contributed by atoms with Gasteiger partial charge in [0.05, 0.1) is 0 Å². The number of carbonyl (C=O) groups excluding carboxylic acids is 1. The van der Waals surface area contributed by atoms with E-state index in [4.69, 9.17) is 11.6 Å². The van der Waals surface area contributed by atoms with Gasteiger partial charge < -0.3 is 10.6 Å². The molecule has 2 N–H and O–H groups in total. The van der Waals surface area contributed by atoms with Gasteiger partial charge in [0.25, 0.3) is 0 Å². The van der Waals surface area contributed by atoms with Crippen LogP contribution in [-0.2, 0) is 0 Å². The third kappa shape index (κ3) is 7.73. The number of urea groups is 1. The average Bonchev–Trinajstić information content (AvgIpc) is 2.40. The number of nitrogens with one attached hydrogen (secondary N) is 2. The van der Waals surface area contributed by atoms with Crippen LogP contribution in [0.3, 0.4) is 0 Å². The maximum atomic E-state index is 11.6. The molecule has 0 fully saturated rings. The highest BCUT2D eigenvalue weighted by Crippen LogP contribution is 2.13. The van der Waals surface area contributed by atoms with Crippen molar-refractivity contribution in [1.29, 1.82) is 0 Å². The molecule has 19 heavy (non-hydrogen) atoms. The van der Waals surface area contributed by atoms with Gasteiger partial charge in [0, 0.05) is 17.3 Å². The van der Waals surface area contributed by atoms with Gasteiger partial charge in [-0.2, -0.15) is 0 Å². The van der Waals surface area contributed by atoms with Crippen molar-refractivity contribution < 1.29 is 4.79 Å². The third-order valence-corrected chi connectivity index (χ3v) is 3.17. The van der Waals surface area contributed by atoms with E-state index in [-0.39, 0.29) is 6.03 Å². The van der Waals surface area contributed by atoms with Crippen LogP contribution in [0.5, 0.6) is 0 Å². The summed E-state index contributed by atoms with van der Waals surface area (Å²) < 4.78 is 0. The first-order valence-electron chi connectivity index (χ1n) is 7.03. The van der Waals surface area contributed by atoms with Gasteiger partial charge >= 0.3 is 6.03 Å². The van der Waals surface area contributed by atoms with Gasteiger partial charge in [0.15, 0.2) is 0 Å². The minimum absolute atomic E-state index is 0.157. The van der Waals surface area contributed by atoms with Gasteiger partial charge in [-0.05, 0) is 30.7 Å². The highest BCUT2D eigenvalue weighted by molar-refractivity contribution is 6.30. The molecule has 0 saturated heterocycles. The van der Waals surface area contributed by atoms with E-state index in [2.05, 4.69) is 17.6 Å². The van der Waals surface area contributed by atoms with Crippen molar-refractivity contribution in [3.8, 4) is 0 Å². The van der Waals surface area contributed by atoms with Gasteiger partial charge in [-0.3, -0.25) is 0 Å². The minimum Gasteiger partial charge on any atom is -0.338 e. The van der Waals surface area contributed by atoms with Crippen molar-refractivity contribution >= 4 is 23.3 Å². The van der Waals surface area contributed by atoms with Crippen LogP contribution in [0.2, 0.25) is 5.02 Å². The Labute approximate surface area is 120 Å². The smallest absolute Gasteiger partial charge is 0.319 e. The second-order valence-electron chi connectivity index (χ2n) is 4.66. The van der Waals surface area contributed by atoms with Crippen LogP contribution in [0.25, 0.3) is 0 Å². The summed E-state index contributed by atoms with van der Waals surface area (Å²) in [4.78, 5) is 11.6. The summed E-state index contributed by atoms with van der Waals surface area (Å²) in [5.74, 6) is 0. The summed E-state index contributed by atoms with van der Waals surface area (Å²) in [6.45, 7) is 2.94. The maximum absolute atomic E-state index is 11.6. The van der Waals surface area contributed by atoms with Gasteiger partial charge in [-0.15, -0.1) is 0 Å². The lowest BCUT2D eigenvalue weighted by Gasteiger charge is -2.07. The second-order valence-corrected chi connectivity index (χ2v) is 5.09. The molecule has 1 aromatic rings. The van der Waals surface area contributed by atoms with E-state index in [9.17, 15) is 4.79 Å². The second kappa shape index (κ2) is 9.68. The summed E-state index contributed by atoms with van der Waals surface area (Å²) >= 11 is 5.77. The predicted molar refractivity (Wildman–Crippen MR) is 81.8 cm³/mol. The van der Waals surface area contributed by atoms with Crippen LogP contribution in [0.1, 0.15) is 45.4 Å². The Morgan fingerprint density at radius 2 is 1.68 bits per heavy atom. The molecule has 0 spiro atoms. The van der Waals surface area contributed by atoms with E-state index >= 15 is 0 Å². The average molecular weight is 283 g/mol. The number of rotatable bonds is 8. The van der Waals surface area contributed by atoms with E-state index in [0.717, 1.165) is 18.7 Å². The van der Waals surface area contributed by atoms with Gasteiger partial charge in [0.2, 0.25) is 0 Å². The molecular formula is C15H23ClN2O. The van der Waals surface area contributed by atoms with Gasteiger partial charge in [0.1, 0.15) is 0 Å². The Morgan fingerprint density at radius 3 is 2.37 bits per heavy atom. The van der Waals surface area contributed by atoms with Gasteiger partial charge in [-0.1, -0.05) is 50.6 Å². The molecule has 0 aliphatic rings. The number of amides is 2. The van der Waals surface area contributed by atoms with E-state index < -0.39 is 0 Å². The topological polar surface area (TPSA) is 41.1 Å². The molecule has 0 aromatic heterocycles. The highest BCUT2D eigenvalue weighted by Gasteiger charge is 2.00. The molecule has 2 amide bonds. The molecule has 0 bridgehead atoms. The summed E-state index contributed by atoms with van der Waals surface area (Å²) in [7, 11) is 0. The van der Waals surface area contributed by atoms with E-state index in [0.29, 0.717) is 5.02 Å². The lowest BCUT2D eigenvalue weighted by atomic mass is 10.1. The molecule has 106 valence electrons. The number of carbonyl (C=O) groups is 1. The van der Waals surface area contributed by atoms with Crippen LogP contribution in [-0.4, -0.2) is 12.6 Å². The number of halogens is 1. The van der Waals surface area contributed by atoms with Gasteiger partial charge in [-0.25, -0.2) is 4.79 Å². The fourth-order valence-corrected chi connectivity index (χ4v) is 1.94. The van der Waals surface area contributed by atoms with Crippen molar-refractivity contribution in [2.75, 3.05) is 11.9 Å². The SMILES string of the molecule is CCCCCCCCNC(=O)Nc1ccc(Cl)cc1. The Balaban J connectivity index is 2.06. The van der Waals surface area contributed by atoms with E-state index in [1.807, 2.05) is 0 Å². The zero-order valence-corrected chi connectivity index (χ0v) is 12.3. The predicted octanol–water partition coefficient (Wildman–Crippen LogP) is 4.82. The minimum atomic E-state index is -0.157. The van der Waals surface area contributed by atoms with Crippen molar-refractivity contribution in [3.05, 3.63) is 29.3 Å². The van der Waals surface area contributed by atoms with Crippen molar-refractivity contribution in [2.45, 2.75) is 45.4 Å². The third-order valence-electron chi connectivity index (χ3n) is 2.92. The van der Waals surface area contributed by atoms with Crippen molar-refractivity contribution in [2.24, 2.45) is 0 Å². The fraction of sp³-hybridized carbons (Fsp3) is 0.533. The monoisotopic (exact) mass is 282 g/mol. The number of benzene rings is 1. The first kappa shape index (κ1) is 15.8. The molecule has 0 saturated carbocycles. The molecule has 0 aliphatic carbocycles. The molecular weight excluding hydrogens is 260 g/mol. The Hall–Kier alpha value is -1.22. The summed E-state index contributed by atoms with van der Waals surface area (Å²) in [6, 6.07) is 6.92. The Bertz CT molecular complexity index is 365. The molecule has 0 unspecified atom stereocenters. The van der Waals surface area contributed by atoms with Crippen molar-refractivity contribution in [3.63, 3.8) is 0 Å². The largest absolute Gasteiger partial charge is 0.338 e. The summed E-state index contributed by atoms with van der Waals surface area (Å²) in [5, 5.41) is 6.29. The van der Waals surface area contributed by atoms with E-state index in [1.165, 1.54) is 32.1 Å². The highest BCUT2D eigenvalue weighted by atomic mass is 35.5. The number of unbranched alkanes of at least 4 members (excludes halogenated alkanes) is 5. The van der Waals surface area contributed by atoms with Crippen LogP contribution < -0.4 is 10.6 Å².